The highest BCUT2D eigenvalue weighted by Crippen LogP contribution is 2.26. The molecule has 1 aliphatic rings. The van der Waals surface area contributed by atoms with Gasteiger partial charge in [-0.3, -0.25) is 4.79 Å². The highest BCUT2D eigenvalue weighted by molar-refractivity contribution is 5.74. The number of allylic oxidation sites excluding steroid dienone is 1. The van der Waals surface area contributed by atoms with E-state index in [9.17, 15) is 4.79 Å². The lowest BCUT2D eigenvalue weighted by molar-refractivity contribution is -0.145. The van der Waals surface area contributed by atoms with Crippen LogP contribution in [-0.2, 0) is 14.3 Å². The van der Waals surface area contributed by atoms with Crippen LogP contribution < -0.4 is 0 Å². The van der Waals surface area contributed by atoms with Crippen LogP contribution in [0.5, 0.6) is 0 Å². The SMILES string of the molecule is C=CCCCCCCC#CCCCCCCCC[C@@H]1C[C@@H](COC)OC1=O. The second-order valence-corrected chi connectivity index (χ2v) is 7.70. The molecule has 27 heavy (non-hydrogen) atoms. The molecule has 1 fully saturated rings. The summed E-state index contributed by atoms with van der Waals surface area (Å²) in [6, 6.07) is 0. The molecule has 0 bridgehead atoms. The van der Waals surface area contributed by atoms with Crippen molar-refractivity contribution >= 4 is 5.97 Å². The Labute approximate surface area is 167 Å². The van der Waals surface area contributed by atoms with E-state index in [1.54, 1.807) is 7.11 Å². The van der Waals surface area contributed by atoms with Crippen LogP contribution in [-0.4, -0.2) is 25.8 Å². The van der Waals surface area contributed by atoms with E-state index in [0.717, 1.165) is 38.5 Å². The van der Waals surface area contributed by atoms with Crippen LogP contribution in [0.2, 0.25) is 0 Å². The van der Waals surface area contributed by atoms with Gasteiger partial charge in [0, 0.05) is 20.0 Å². The third kappa shape index (κ3) is 12.7. The van der Waals surface area contributed by atoms with Crippen molar-refractivity contribution in [1.29, 1.82) is 0 Å². The van der Waals surface area contributed by atoms with Gasteiger partial charge in [0.15, 0.2) is 0 Å². The Morgan fingerprint density at radius 3 is 2.22 bits per heavy atom. The molecule has 0 amide bonds. The van der Waals surface area contributed by atoms with Crippen LogP contribution in [0.1, 0.15) is 96.3 Å². The van der Waals surface area contributed by atoms with Gasteiger partial charge in [0.05, 0.1) is 12.5 Å². The zero-order chi connectivity index (χ0) is 19.6. The van der Waals surface area contributed by atoms with Crippen LogP contribution in [0, 0.1) is 17.8 Å². The Balaban J connectivity index is 1.84. The molecular formula is C24H40O3. The van der Waals surface area contributed by atoms with Crippen molar-refractivity contribution in [2.24, 2.45) is 5.92 Å². The summed E-state index contributed by atoms with van der Waals surface area (Å²) in [6.45, 7) is 4.28. The number of cyclic esters (lactones) is 1. The van der Waals surface area contributed by atoms with Crippen molar-refractivity contribution in [1.82, 2.24) is 0 Å². The summed E-state index contributed by atoms with van der Waals surface area (Å²) in [5.74, 6) is 6.71. The van der Waals surface area contributed by atoms with Crippen LogP contribution >= 0.6 is 0 Å². The number of methoxy groups -OCH3 is 1. The Morgan fingerprint density at radius 1 is 1.00 bits per heavy atom. The van der Waals surface area contributed by atoms with Crippen molar-refractivity contribution in [2.45, 2.75) is 102 Å². The molecule has 0 aromatic heterocycles. The monoisotopic (exact) mass is 376 g/mol. The molecule has 0 aromatic rings. The molecule has 0 spiro atoms. The molecule has 0 aliphatic carbocycles. The molecule has 1 aliphatic heterocycles. The molecule has 2 atom stereocenters. The Morgan fingerprint density at radius 2 is 1.59 bits per heavy atom. The number of ether oxygens (including phenoxy) is 2. The molecular weight excluding hydrogens is 336 g/mol. The first-order chi connectivity index (χ1) is 13.3. The summed E-state index contributed by atoms with van der Waals surface area (Å²) in [5.41, 5.74) is 0. The third-order valence-electron chi connectivity index (χ3n) is 5.21. The fourth-order valence-electron chi connectivity index (χ4n) is 3.59. The van der Waals surface area contributed by atoms with E-state index < -0.39 is 0 Å². The Hall–Kier alpha value is -1.27. The molecule has 0 saturated carbocycles. The number of hydrogen-bond acceptors (Lipinski definition) is 3. The highest BCUT2D eigenvalue weighted by Gasteiger charge is 2.33. The average Bonchev–Trinajstić information content (AvgIpc) is 3.01. The highest BCUT2D eigenvalue weighted by atomic mass is 16.6. The minimum Gasteiger partial charge on any atom is -0.460 e. The fraction of sp³-hybridized carbons (Fsp3) is 0.792. The van der Waals surface area contributed by atoms with E-state index in [-0.39, 0.29) is 18.0 Å². The summed E-state index contributed by atoms with van der Waals surface area (Å²) < 4.78 is 10.4. The van der Waals surface area contributed by atoms with Gasteiger partial charge in [0.1, 0.15) is 6.10 Å². The summed E-state index contributed by atoms with van der Waals surface area (Å²) >= 11 is 0. The van der Waals surface area contributed by atoms with Crippen LogP contribution in [0.15, 0.2) is 12.7 Å². The molecule has 0 unspecified atom stereocenters. The predicted molar refractivity (Wildman–Crippen MR) is 112 cm³/mol. The molecule has 154 valence electrons. The number of rotatable bonds is 16. The van der Waals surface area contributed by atoms with Crippen molar-refractivity contribution < 1.29 is 14.3 Å². The first kappa shape index (κ1) is 23.8. The van der Waals surface area contributed by atoms with Gasteiger partial charge in [-0.05, 0) is 38.5 Å². The van der Waals surface area contributed by atoms with Gasteiger partial charge in [0.2, 0.25) is 0 Å². The first-order valence-corrected chi connectivity index (χ1v) is 11.0. The number of carbonyl (C=O) groups excluding carboxylic acids is 1. The van der Waals surface area contributed by atoms with E-state index in [1.165, 1.54) is 57.8 Å². The average molecular weight is 377 g/mol. The van der Waals surface area contributed by atoms with Crippen molar-refractivity contribution in [3.63, 3.8) is 0 Å². The summed E-state index contributed by atoms with van der Waals surface area (Å²) in [5, 5.41) is 0. The normalized spacial score (nSPS) is 18.8. The van der Waals surface area contributed by atoms with E-state index in [4.69, 9.17) is 9.47 Å². The minimum absolute atomic E-state index is 0.0209. The first-order valence-electron chi connectivity index (χ1n) is 11.0. The van der Waals surface area contributed by atoms with Crippen molar-refractivity contribution in [3.8, 4) is 11.8 Å². The molecule has 0 aromatic carbocycles. The maximum atomic E-state index is 11.8. The molecule has 3 heteroatoms. The number of hydrogen-bond donors (Lipinski definition) is 0. The van der Waals surface area contributed by atoms with Gasteiger partial charge in [-0.15, -0.1) is 18.4 Å². The van der Waals surface area contributed by atoms with Crippen molar-refractivity contribution in [2.75, 3.05) is 13.7 Å². The van der Waals surface area contributed by atoms with Gasteiger partial charge in [-0.2, -0.15) is 0 Å². The van der Waals surface area contributed by atoms with Crippen LogP contribution in [0.4, 0.5) is 0 Å². The maximum Gasteiger partial charge on any atom is 0.309 e. The van der Waals surface area contributed by atoms with Gasteiger partial charge < -0.3 is 9.47 Å². The lowest BCUT2D eigenvalue weighted by Crippen LogP contribution is -2.13. The van der Waals surface area contributed by atoms with Crippen LogP contribution in [0.3, 0.4) is 0 Å². The number of esters is 1. The van der Waals surface area contributed by atoms with E-state index in [1.807, 2.05) is 6.08 Å². The fourth-order valence-corrected chi connectivity index (χ4v) is 3.59. The number of carbonyl (C=O) groups is 1. The van der Waals surface area contributed by atoms with Gasteiger partial charge in [0.25, 0.3) is 0 Å². The Bertz CT molecular complexity index is 446. The largest absolute Gasteiger partial charge is 0.460 e. The summed E-state index contributed by atoms with van der Waals surface area (Å²) in [7, 11) is 1.65. The van der Waals surface area contributed by atoms with Crippen molar-refractivity contribution in [3.05, 3.63) is 12.7 Å². The van der Waals surface area contributed by atoms with E-state index >= 15 is 0 Å². The summed E-state index contributed by atoms with van der Waals surface area (Å²) in [6.07, 6.45) is 19.6. The molecule has 1 heterocycles. The maximum absolute atomic E-state index is 11.8. The quantitative estimate of drug-likeness (QED) is 0.139. The van der Waals surface area contributed by atoms with E-state index in [0.29, 0.717) is 6.61 Å². The zero-order valence-corrected chi connectivity index (χ0v) is 17.5. The molecule has 3 nitrogen and oxygen atoms in total. The van der Waals surface area contributed by atoms with Gasteiger partial charge >= 0.3 is 5.97 Å². The zero-order valence-electron chi connectivity index (χ0n) is 17.5. The number of unbranched alkanes of at least 4 members (excludes halogenated alkanes) is 11. The Kier molecular flexibility index (Phi) is 14.9. The van der Waals surface area contributed by atoms with Crippen LogP contribution in [0.25, 0.3) is 0 Å². The standard InChI is InChI=1S/C24H40O3/c1-3-4-5-6-7-8-9-10-11-12-13-14-15-16-17-18-19-22-20-23(21-26-2)27-24(22)25/h3,22-23H,1,4-9,12-21H2,2H3/t22-,23+/m1/s1. The van der Waals surface area contributed by atoms with Gasteiger partial charge in [-0.25, -0.2) is 0 Å². The molecule has 0 radical (unpaired) electrons. The second-order valence-electron chi connectivity index (χ2n) is 7.70. The third-order valence-corrected chi connectivity index (χ3v) is 5.21. The molecule has 1 rings (SSSR count). The minimum atomic E-state index is -0.0223. The smallest absolute Gasteiger partial charge is 0.309 e. The second kappa shape index (κ2) is 16.9. The van der Waals surface area contributed by atoms with E-state index in [2.05, 4.69) is 18.4 Å². The molecule has 1 saturated heterocycles. The predicted octanol–water partition coefficient (Wildman–Crippen LogP) is 6.22. The lowest BCUT2D eigenvalue weighted by atomic mass is 9.97. The van der Waals surface area contributed by atoms with Gasteiger partial charge in [-0.1, -0.05) is 51.0 Å². The lowest BCUT2D eigenvalue weighted by Gasteiger charge is -2.06. The topological polar surface area (TPSA) is 35.5 Å². The summed E-state index contributed by atoms with van der Waals surface area (Å²) in [4.78, 5) is 11.8. The molecule has 0 N–H and O–H groups in total.